The number of fused-ring (bicyclic) bond motifs is 3. The molecule has 34 heavy (non-hydrogen) atoms. The number of nitrogens with one attached hydrogen (secondary N) is 1. The molecule has 1 heterocycles. The van der Waals surface area contributed by atoms with E-state index >= 15 is 0 Å². The zero-order chi connectivity index (χ0) is 24.2. The molecule has 7 nitrogen and oxygen atoms in total. The third kappa shape index (κ3) is 5.22. The molecule has 2 unspecified atom stereocenters. The number of carbonyl (C=O) groups is 3. The van der Waals surface area contributed by atoms with Gasteiger partial charge < -0.3 is 20.1 Å². The number of carboxylic acids is 1. The van der Waals surface area contributed by atoms with Crippen molar-refractivity contribution in [2.24, 2.45) is 5.92 Å². The molecule has 0 bridgehead atoms. The largest absolute Gasteiger partial charge is 0.481 e. The average molecular weight is 483 g/mol. The Morgan fingerprint density at radius 3 is 2.29 bits per heavy atom. The van der Waals surface area contributed by atoms with E-state index in [1.54, 1.807) is 4.90 Å². The number of hydrogen-bond donors (Lipinski definition) is 2. The number of carbonyl (C=O) groups excluding carboxylic acids is 2. The minimum Gasteiger partial charge on any atom is -0.481 e. The van der Waals surface area contributed by atoms with Gasteiger partial charge in [0.2, 0.25) is 5.91 Å². The summed E-state index contributed by atoms with van der Waals surface area (Å²) in [5.41, 5.74) is 4.41. The number of thioether (sulfide) groups is 1. The van der Waals surface area contributed by atoms with Crippen LogP contribution in [-0.4, -0.2) is 64.7 Å². The maximum Gasteiger partial charge on any atom is 0.407 e. The number of alkyl carbamates (subject to hydrolysis) is 1. The lowest BCUT2D eigenvalue weighted by Gasteiger charge is -2.36. The van der Waals surface area contributed by atoms with Crippen LogP contribution in [0.1, 0.15) is 37.3 Å². The molecule has 1 saturated heterocycles. The molecule has 2 aromatic carbocycles. The van der Waals surface area contributed by atoms with Crippen LogP contribution in [-0.2, 0) is 14.3 Å². The zero-order valence-electron chi connectivity index (χ0n) is 19.4. The molecule has 1 aliphatic heterocycles. The van der Waals surface area contributed by atoms with Crippen LogP contribution in [0.5, 0.6) is 0 Å². The van der Waals surface area contributed by atoms with Crippen LogP contribution < -0.4 is 5.32 Å². The topological polar surface area (TPSA) is 95.9 Å². The second-order valence-electron chi connectivity index (χ2n) is 9.06. The van der Waals surface area contributed by atoms with E-state index in [-0.39, 0.29) is 23.7 Å². The van der Waals surface area contributed by atoms with Gasteiger partial charge in [-0.3, -0.25) is 9.59 Å². The molecule has 1 aliphatic carbocycles. The molecule has 0 spiro atoms. The van der Waals surface area contributed by atoms with E-state index in [2.05, 4.69) is 31.3 Å². The number of rotatable bonds is 7. The van der Waals surface area contributed by atoms with Crippen LogP contribution in [0.3, 0.4) is 0 Å². The number of nitrogens with zero attached hydrogens (tertiary/aromatic N) is 1. The highest BCUT2D eigenvalue weighted by molar-refractivity contribution is 8.00. The van der Waals surface area contributed by atoms with Crippen molar-refractivity contribution in [1.82, 2.24) is 10.2 Å². The Kier molecular flexibility index (Phi) is 7.46. The van der Waals surface area contributed by atoms with Crippen molar-refractivity contribution in [3.8, 4) is 11.1 Å². The monoisotopic (exact) mass is 482 g/mol. The Hall–Kier alpha value is -3.00. The van der Waals surface area contributed by atoms with Gasteiger partial charge in [0, 0.05) is 30.0 Å². The number of benzene rings is 2. The minimum absolute atomic E-state index is 0.101. The van der Waals surface area contributed by atoms with E-state index in [9.17, 15) is 19.5 Å². The van der Waals surface area contributed by atoms with Crippen molar-refractivity contribution in [2.75, 3.05) is 25.4 Å². The molecule has 4 rings (SSSR count). The molecular weight excluding hydrogens is 452 g/mol. The summed E-state index contributed by atoms with van der Waals surface area (Å²) in [6, 6.07) is 14.9. The highest BCUT2D eigenvalue weighted by atomic mass is 32.2. The van der Waals surface area contributed by atoms with Crippen LogP contribution in [0.2, 0.25) is 0 Å². The van der Waals surface area contributed by atoms with Crippen molar-refractivity contribution in [3.63, 3.8) is 0 Å². The van der Waals surface area contributed by atoms with Crippen molar-refractivity contribution < 1.29 is 24.2 Å². The van der Waals surface area contributed by atoms with Gasteiger partial charge in [-0.15, -0.1) is 0 Å². The fourth-order valence-corrected chi connectivity index (χ4v) is 5.96. The molecule has 2 aromatic rings. The van der Waals surface area contributed by atoms with Gasteiger partial charge in [-0.1, -0.05) is 62.4 Å². The standard InChI is InChI=1S/C26H30N2O5S/c1-16(2)23-14-28(11-12-34-23)25(31)22(13-24(29)30)27-26(32)33-15-21-19-9-5-3-7-17(19)18-8-4-6-10-20(18)21/h3-10,16,21-23H,11-15H2,1-2H3,(H,27,32)(H,29,30). The zero-order valence-corrected chi connectivity index (χ0v) is 20.2. The molecule has 0 radical (unpaired) electrons. The first kappa shape index (κ1) is 24.1. The van der Waals surface area contributed by atoms with Gasteiger partial charge in [0.25, 0.3) is 0 Å². The van der Waals surface area contributed by atoms with Crippen molar-refractivity contribution in [2.45, 2.75) is 37.5 Å². The average Bonchev–Trinajstić information content (AvgIpc) is 3.15. The van der Waals surface area contributed by atoms with Gasteiger partial charge in [-0.2, -0.15) is 11.8 Å². The Labute approximate surface area is 203 Å². The molecule has 180 valence electrons. The Balaban J connectivity index is 1.42. The fourth-order valence-electron chi connectivity index (χ4n) is 4.66. The third-order valence-corrected chi connectivity index (χ3v) is 8.00. The molecule has 2 amide bonds. The summed E-state index contributed by atoms with van der Waals surface area (Å²) in [4.78, 5) is 38.9. The number of ether oxygens (including phenoxy) is 1. The highest BCUT2D eigenvalue weighted by Gasteiger charge is 2.34. The van der Waals surface area contributed by atoms with Gasteiger partial charge in [0.05, 0.1) is 6.42 Å². The molecule has 1 fully saturated rings. The molecule has 2 N–H and O–H groups in total. The van der Waals surface area contributed by atoms with Crippen molar-refractivity contribution >= 4 is 29.7 Å². The molecule has 0 aromatic heterocycles. The van der Waals surface area contributed by atoms with Crippen LogP contribution in [0, 0.1) is 5.92 Å². The van der Waals surface area contributed by atoms with E-state index in [1.807, 2.05) is 48.2 Å². The van der Waals surface area contributed by atoms with Crippen LogP contribution in [0.15, 0.2) is 48.5 Å². The van der Waals surface area contributed by atoms with E-state index in [4.69, 9.17) is 4.74 Å². The fraction of sp³-hybridized carbons (Fsp3) is 0.423. The Morgan fingerprint density at radius 1 is 1.09 bits per heavy atom. The smallest absolute Gasteiger partial charge is 0.407 e. The molecule has 2 aliphatic rings. The third-order valence-electron chi connectivity index (χ3n) is 6.46. The van der Waals surface area contributed by atoms with E-state index < -0.39 is 24.5 Å². The second-order valence-corrected chi connectivity index (χ2v) is 10.4. The Bertz CT molecular complexity index is 1030. The SMILES string of the molecule is CC(C)C1CN(C(=O)C(CC(=O)O)NC(=O)OCC2c3ccccc3-c3ccccc32)CCS1. The lowest BCUT2D eigenvalue weighted by atomic mass is 9.98. The highest BCUT2D eigenvalue weighted by Crippen LogP contribution is 2.44. The first-order valence-electron chi connectivity index (χ1n) is 11.6. The van der Waals surface area contributed by atoms with E-state index in [1.165, 1.54) is 0 Å². The summed E-state index contributed by atoms with van der Waals surface area (Å²) in [6.07, 6.45) is -1.27. The van der Waals surface area contributed by atoms with Crippen molar-refractivity contribution in [3.05, 3.63) is 59.7 Å². The number of hydrogen-bond acceptors (Lipinski definition) is 5. The van der Waals surface area contributed by atoms with Crippen molar-refractivity contribution in [1.29, 1.82) is 0 Å². The molecule has 0 saturated carbocycles. The van der Waals surface area contributed by atoms with Gasteiger partial charge in [0.15, 0.2) is 0 Å². The number of aliphatic carboxylic acids is 1. The maximum absolute atomic E-state index is 13.1. The summed E-state index contributed by atoms with van der Waals surface area (Å²) in [6.45, 7) is 5.40. The van der Waals surface area contributed by atoms with Gasteiger partial charge in [0.1, 0.15) is 12.6 Å². The summed E-state index contributed by atoms with van der Waals surface area (Å²) in [7, 11) is 0. The van der Waals surface area contributed by atoms with Crippen LogP contribution in [0.4, 0.5) is 4.79 Å². The molecule has 8 heteroatoms. The predicted octanol–water partition coefficient (Wildman–Crippen LogP) is 3.97. The van der Waals surface area contributed by atoms with Gasteiger partial charge in [-0.05, 0) is 28.2 Å². The number of amides is 2. The molecule has 2 atom stereocenters. The summed E-state index contributed by atoms with van der Waals surface area (Å²) in [5, 5.41) is 12.1. The van der Waals surface area contributed by atoms with Gasteiger partial charge in [-0.25, -0.2) is 4.79 Å². The molecular formula is C26H30N2O5S. The van der Waals surface area contributed by atoms with E-state index in [0.29, 0.717) is 19.0 Å². The summed E-state index contributed by atoms with van der Waals surface area (Å²) < 4.78 is 5.53. The lowest BCUT2D eigenvalue weighted by molar-refractivity contribution is -0.142. The number of carboxylic acid groups (broad SMARTS) is 1. The minimum atomic E-state index is -1.16. The quantitative estimate of drug-likeness (QED) is 0.620. The van der Waals surface area contributed by atoms with E-state index in [0.717, 1.165) is 28.0 Å². The second kappa shape index (κ2) is 10.5. The van der Waals surface area contributed by atoms with Crippen LogP contribution >= 0.6 is 11.8 Å². The Morgan fingerprint density at radius 2 is 1.71 bits per heavy atom. The van der Waals surface area contributed by atoms with Crippen LogP contribution in [0.25, 0.3) is 11.1 Å². The lowest BCUT2D eigenvalue weighted by Crippen LogP contribution is -2.53. The summed E-state index contributed by atoms with van der Waals surface area (Å²) >= 11 is 1.82. The summed E-state index contributed by atoms with van der Waals surface area (Å²) in [5.74, 6) is -0.448. The normalized spacial score (nSPS) is 18.2. The van der Waals surface area contributed by atoms with Gasteiger partial charge >= 0.3 is 12.1 Å². The maximum atomic E-state index is 13.1. The first-order chi connectivity index (χ1) is 16.3. The predicted molar refractivity (Wildman–Crippen MR) is 132 cm³/mol. The first-order valence-corrected chi connectivity index (χ1v) is 12.6.